The number of hydrogen-bond donors (Lipinski definition) is 2. The van der Waals surface area contributed by atoms with Crippen LogP contribution < -0.4 is 10.6 Å². The van der Waals surface area contributed by atoms with Gasteiger partial charge in [0.25, 0.3) is 0 Å². The molecule has 2 aliphatic carbocycles. The maximum absolute atomic E-state index is 13.8. The maximum atomic E-state index is 13.8. The summed E-state index contributed by atoms with van der Waals surface area (Å²) in [6.45, 7) is 2.01. The molecule has 11 heteroatoms. The van der Waals surface area contributed by atoms with Crippen molar-refractivity contribution in [1.29, 1.82) is 5.26 Å². The Kier molecular flexibility index (Phi) is 5.85. The van der Waals surface area contributed by atoms with Crippen LogP contribution >= 0.6 is 11.6 Å². The molecule has 0 radical (unpaired) electrons. The van der Waals surface area contributed by atoms with Crippen molar-refractivity contribution >= 4 is 33.9 Å². The Balaban J connectivity index is 1.41. The molecule has 2 heterocycles. The number of alkyl halides is 2. The van der Waals surface area contributed by atoms with E-state index in [4.69, 9.17) is 11.6 Å². The summed E-state index contributed by atoms with van der Waals surface area (Å²) >= 11 is 6.64. The largest absolute Gasteiger partial charge is 0.383 e. The van der Waals surface area contributed by atoms with Crippen molar-refractivity contribution in [2.75, 3.05) is 17.2 Å². The number of aromatic nitrogens is 4. The van der Waals surface area contributed by atoms with E-state index < -0.39 is 23.2 Å². The molecule has 6 rings (SSSR count). The van der Waals surface area contributed by atoms with Crippen molar-refractivity contribution in [3.8, 4) is 6.07 Å². The second-order valence-corrected chi connectivity index (χ2v) is 11.1. The quantitative estimate of drug-likeness (QED) is 0.248. The van der Waals surface area contributed by atoms with Gasteiger partial charge in [-0.2, -0.15) is 5.26 Å². The Morgan fingerprint density at radius 3 is 2.67 bits per heavy atom. The number of nitriles is 1. The lowest BCUT2D eigenvalue weighted by atomic mass is 9.67. The molecule has 2 aliphatic rings. The zero-order valence-corrected chi connectivity index (χ0v) is 21.7. The Morgan fingerprint density at radius 1 is 1.26 bits per heavy atom. The highest BCUT2D eigenvalue weighted by Gasteiger charge is 2.53. The molecule has 39 heavy (non-hydrogen) atoms. The number of hydrogen-bond acceptors (Lipinski definition) is 6. The van der Waals surface area contributed by atoms with Gasteiger partial charge in [-0.25, -0.2) is 17.9 Å². The zero-order valence-electron chi connectivity index (χ0n) is 22.0. The van der Waals surface area contributed by atoms with Crippen LogP contribution in [0.3, 0.4) is 0 Å². The molecule has 2 aromatic heterocycles. The van der Waals surface area contributed by atoms with Crippen LogP contribution in [-0.4, -0.2) is 32.4 Å². The number of nitrogens with zero attached hydrogens (tertiary/aromatic N) is 5. The summed E-state index contributed by atoms with van der Waals surface area (Å²) in [6.07, 6.45) is 4.58. The van der Waals surface area contributed by atoms with Crippen LogP contribution in [0.4, 0.5) is 24.5 Å². The van der Waals surface area contributed by atoms with Crippen LogP contribution in [0, 0.1) is 22.6 Å². The summed E-state index contributed by atoms with van der Waals surface area (Å²) in [4.78, 5) is 4.35. The Labute approximate surface area is 229 Å². The second kappa shape index (κ2) is 9.42. The highest BCUT2D eigenvalue weighted by atomic mass is 35.5. The number of pyridine rings is 1. The fraction of sp³-hybridized carbons (Fsp3) is 0.357. The Hall–Kier alpha value is -3.84. The van der Waals surface area contributed by atoms with Crippen molar-refractivity contribution in [2.24, 2.45) is 5.41 Å². The minimum atomic E-state index is -2.69. The molecule has 2 N–H and O–H groups in total. The van der Waals surface area contributed by atoms with Crippen molar-refractivity contribution in [3.63, 3.8) is 0 Å². The summed E-state index contributed by atoms with van der Waals surface area (Å²) < 4.78 is 52.2. The number of rotatable bonds is 8. The van der Waals surface area contributed by atoms with Gasteiger partial charge in [-0.3, -0.25) is 4.98 Å². The van der Waals surface area contributed by atoms with E-state index in [1.54, 1.807) is 29.9 Å². The Morgan fingerprint density at radius 2 is 2.00 bits per heavy atom. The lowest BCUT2D eigenvalue weighted by molar-refractivity contribution is -0.148. The standard InChI is InChI=1S/C28H25ClF3N7/c1-27(13-28(31,32)14-27)15-35-24-17(10-33)11-34-26-21(24)8-19(9-22(26)29)36-25(16-2-4-18(30)5-3-16)23-12-39(38-37-23)20-6-7-20/h2-5,8-9,11-12,20,25,36H,6-7,13-15H2,1H3,(H,34,35)/t25-/m1/s1/i25D. The molecule has 0 unspecified atom stereocenters. The third-order valence-corrected chi connectivity index (χ3v) is 7.49. The minimum Gasteiger partial charge on any atom is -0.383 e. The first-order valence-electron chi connectivity index (χ1n) is 13.1. The fourth-order valence-electron chi connectivity index (χ4n) is 5.18. The first kappa shape index (κ1) is 24.2. The summed E-state index contributed by atoms with van der Waals surface area (Å²) in [5.41, 5.74) is 1.59. The molecule has 0 amide bonds. The number of halogens is 4. The molecule has 4 aromatic rings. The zero-order chi connectivity index (χ0) is 28.3. The monoisotopic (exact) mass is 552 g/mol. The first-order valence-corrected chi connectivity index (χ1v) is 13.0. The SMILES string of the molecule is [2H][C@@](Nc1cc(Cl)c2ncc(C#N)c(NCC3(C)CC(F)(F)C3)c2c1)(c1ccc(F)cc1)c1cn(C2CC2)nn1. The molecule has 0 spiro atoms. The van der Waals surface area contributed by atoms with Crippen LogP contribution in [0.2, 0.25) is 5.02 Å². The molecule has 200 valence electrons. The minimum absolute atomic E-state index is 0.230. The number of fused-ring (bicyclic) bond motifs is 1. The molecule has 2 fully saturated rings. The third-order valence-electron chi connectivity index (χ3n) is 7.20. The number of anilines is 2. The molecule has 0 bridgehead atoms. The topological polar surface area (TPSA) is 91.5 Å². The molecule has 0 aliphatic heterocycles. The van der Waals surface area contributed by atoms with Crippen LogP contribution in [0.1, 0.15) is 62.9 Å². The summed E-state index contributed by atoms with van der Waals surface area (Å²) in [5.74, 6) is -3.13. The molecule has 2 saturated carbocycles. The first-order chi connectivity index (χ1) is 19.0. The predicted molar refractivity (Wildman–Crippen MR) is 142 cm³/mol. The van der Waals surface area contributed by atoms with Gasteiger partial charge in [0.1, 0.15) is 17.6 Å². The van der Waals surface area contributed by atoms with Crippen LogP contribution in [0.5, 0.6) is 0 Å². The average Bonchev–Trinajstić information content (AvgIpc) is 3.62. The maximum Gasteiger partial charge on any atom is 0.249 e. The summed E-state index contributed by atoms with van der Waals surface area (Å²) in [6, 6.07) is 9.55. The van der Waals surface area contributed by atoms with E-state index in [2.05, 4.69) is 32.0 Å². The highest BCUT2D eigenvalue weighted by Crippen LogP contribution is 2.52. The van der Waals surface area contributed by atoms with E-state index in [1.165, 1.54) is 30.5 Å². The van der Waals surface area contributed by atoms with E-state index in [1.807, 2.05) is 0 Å². The normalized spacial score (nSPS) is 19.4. The van der Waals surface area contributed by atoms with Gasteiger partial charge in [0.05, 0.1) is 41.4 Å². The summed E-state index contributed by atoms with van der Waals surface area (Å²) in [7, 11) is 0. The number of benzene rings is 2. The lowest BCUT2D eigenvalue weighted by Crippen LogP contribution is -2.47. The highest BCUT2D eigenvalue weighted by molar-refractivity contribution is 6.35. The van der Waals surface area contributed by atoms with Gasteiger partial charge >= 0.3 is 0 Å². The predicted octanol–water partition coefficient (Wildman–Crippen LogP) is 6.87. The van der Waals surface area contributed by atoms with E-state index >= 15 is 0 Å². The van der Waals surface area contributed by atoms with Crippen molar-refractivity contribution < 1.29 is 14.5 Å². The number of nitrogens with one attached hydrogen (secondary N) is 2. The van der Waals surface area contributed by atoms with Gasteiger partial charge in [0, 0.05) is 36.7 Å². The van der Waals surface area contributed by atoms with Crippen molar-refractivity contribution in [2.45, 2.75) is 50.6 Å². The lowest BCUT2D eigenvalue weighted by Gasteiger charge is -2.45. The van der Waals surface area contributed by atoms with Crippen LogP contribution in [0.15, 0.2) is 48.8 Å². The molecular formula is C28H25ClF3N7. The van der Waals surface area contributed by atoms with Crippen molar-refractivity contribution in [3.05, 3.63) is 76.5 Å². The van der Waals surface area contributed by atoms with Crippen molar-refractivity contribution in [1.82, 2.24) is 20.0 Å². The Bertz CT molecular complexity index is 1640. The van der Waals surface area contributed by atoms with Gasteiger partial charge in [-0.05, 0) is 48.1 Å². The van der Waals surface area contributed by atoms with Gasteiger partial charge in [0.2, 0.25) is 5.92 Å². The third kappa shape index (κ3) is 5.11. The van der Waals surface area contributed by atoms with Gasteiger partial charge in [-0.15, -0.1) is 5.10 Å². The van der Waals surface area contributed by atoms with Crippen LogP contribution in [-0.2, 0) is 0 Å². The molecule has 0 saturated heterocycles. The van der Waals surface area contributed by atoms with Gasteiger partial charge in [0.15, 0.2) is 0 Å². The van der Waals surface area contributed by atoms with Crippen LogP contribution in [0.25, 0.3) is 10.9 Å². The van der Waals surface area contributed by atoms with Gasteiger partial charge in [-0.1, -0.05) is 35.9 Å². The van der Waals surface area contributed by atoms with Gasteiger partial charge < -0.3 is 10.6 Å². The van der Waals surface area contributed by atoms with E-state index in [9.17, 15) is 19.8 Å². The summed E-state index contributed by atoms with van der Waals surface area (Å²) in [5, 5.41) is 25.4. The molecule has 7 nitrogen and oxygen atoms in total. The molecular weight excluding hydrogens is 527 g/mol. The average molecular weight is 553 g/mol. The fourth-order valence-corrected chi connectivity index (χ4v) is 5.45. The second-order valence-electron chi connectivity index (χ2n) is 10.7. The molecule has 1 atom stereocenters. The van der Waals surface area contributed by atoms with E-state index in [0.29, 0.717) is 33.5 Å². The van der Waals surface area contributed by atoms with E-state index in [-0.39, 0.29) is 36.0 Å². The van der Waals surface area contributed by atoms with E-state index in [0.717, 1.165) is 12.8 Å². The molecule has 2 aromatic carbocycles. The smallest absolute Gasteiger partial charge is 0.249 e.